The molecular formula is C20H24N4. The van der Waals surface area contributed by atoms with Crippen molar-refractivity contribution in [2.24, 2.45) is 11.7 Å². The third-order valence-corrected chi connectivity index (χ3v) is 6.40. The maximum atomic E-state index is 6.44. The first-order chi connectivity index (χ1) is 11.6. The van der Waals surface area contributed by atoms with E-state index in [9.17, 15) is 0 Å². The van der Waals surface area contributed by atoms with Gasteiger partial charge in [-0.3, -0.25) is 0 Å². The van der Waals surface area contributed by atoms with Crippen LogP contribution in [0.3, 0.4) is 0 Å². The highest BCUT2D eigenvalue weighted by Gasteiger charge is 2.58. The third-order valence-electron chi connectivity index (χ3n) is 6.40. The van der Waals surface area contributed by atoms with Crippen LogP contribution in [0.4, 0.5) is 5.95 Å². The van der Waals surface area contributed by atoms with Gasteiger partial charge in [-0.25, -0.2) is 9.97 Å². The van der Waals surface area contributed by atoms with E-state index in [1.807, 2.05) is 0 Å². The average Bonchev–Trinajstić information content (AvgIpc) is 3.11. The van der Waals surface area contributed by atoms with E-state index in [1.165, 1.54) is 41.8 Å². The van der Waals surface area contributed by atoms with Crippen LogP contribution in [0.2, 0.25) is 0 Å². The smallest absolute Gasteiger partial charge is 0.220 e. The van der Waals surface area contributed by atoms with E-state index in [-0.39, 0.29) is 5.54 Å². The Kier molecular flexibility index (Phi) is 3.02. The van der Waals surface area contributed by atoms with Crippen LogP contribution in [-0.2, 0) is 6.42 Å². The van der Waals surface area contributed by atoms with Crippen LogP contribution in [0, 0.1) is 5.92 Å². The Balaban J connectivity index is 1.58. The lowest BCUT2D eigenvalue weighted by molar-refractivity contribution is 0.543. The number of nitrogen functional groups attached to an aromatic ring is 1. The molecule has 0 saturated heterocycles. The summed E-state index contributed by atoms with van der Waals surface area (Å²) in [6.07, 6.45) is 6.84. The normalized spacial score (nSPS) is 33.8. The molecule has 0 spiro atoms. The second-order valence-corrected chi connectivity index (χ2v) is 7.96. The molecule has 3 unspecified atom stereocenters. The van der Waals surface area contributed by atoms with Crippen molar-refractivity contribution in [3.8, 4) is 0 Å². The van der Waals surface area contributed by atoms with Gasteiger partial charge in [0.2, 0.25) is 5.95 Å². The molecule has 4 nitrogen and oxygen atoms in total. The molecule has 124 valence electrons. The Bertz CT molecular complexity index is 788. The highest BCUT2D eigenvalue weighted by atomic mass is 15.0. The summed E-state index contributed by atoms with van der Waals surface area (Å²) in [5, 5.41) is 0. The SMILES string of the molecule is Nc1nc(C2CC3C[C@@]3(N)C2)c2c(n1)C(c1ccccc1)CCC2. The number of rotatable bonds is 2. The van der Waals surface area contributed by atoms with Crippen LogP contribution in [0.1, 0.15) is 66.5 Å². The molecule has 2 saturated carbocycles. The molecule has 4 heteroatoms. The molecular weight excluding hydrogens is 296 g/mol. The summed E-state index contributed by atoms with van der Waals surface area (Å²) in [7, 11) is 0. The molecule has 0 amide bonds. The summed E-state index contributed by atoms with van der Waals surface area (Å²) in [5.74, 6) is 1.95. The fourth-order valence-electron chi connectivity index (χ4n) is 5.11. The lowest BCUT2D eigenvalue weighted by Gasteiger charge is -2.28. The quantitative estimate of drug-likeness (QED) is 0.891. The van der Waals surface area contributed by atoms with E-state index in [0.29, 0.717) is 23.7 Å². The zero-order chi connectivity index (χ0) is 16.3. The molecule has 1 aromatic carbocycles. The number of fused-ring (bicyclic) bond motifs is 2. The summed E-state index contributed by atoms with van der Waals surface area (Å²) in [5.41, 5.74) is 17.7. The standard InChI is InChI=1S/C20H24N4/c21-19-23-17(13-9-14-11-20(14,22)10-13)16-8-4-7-15(18(16)24-19)12-5-2-1-3-6-12/h1-3,5-6,13-15H,4,7-11,22H2,(H2,21,23,24)/t13?,14?,15?,20-/m0/s1. The molecule has 5 rings (SSSR count). The predicted molar refractivity (Wildman–Crippen MR) is 94.7 cm³/mol. The van der Waals surface area contributed by atoms with Gasteiger partial charge in [0.25, 0.3) is 0 Å². The predicted octanol–water partition coefficient (Wildman–Crippen LogP) is 3.12. The first-order valence-corrected chi connectivity index (χ1v) is 9.14. The summed E-state index contributed by atoms with van der Waals surface area (Å²) >= 11 is 0. The van der Waals surface area contributed by atoms with E-state index >= 15 is 0 Å². The van der Waals surface area contributed by atoms with Gasteiger partial charge < -0.3 is 11.5 Å². The number of nitrogens with zero attached hydrogens (tertiary/aromatic N) is 2. The maximum absolute atomic E-state index is 6.44. The van der Waals surface area contributed by atoms with Gasteiger partial charge >= 0.3 is 0 Å². The molecule has 24 heavy (non-hydrogen) atoms. The molecule has 0 aliphatic heterocycles. The van der Waals surface area contributed by atoms with Crippen molar-refractivity contribution >= 4 is 5.95 Å². The minimum absolute atomic E-state index is 0.0881. The summed E-state index contributed by atoms with van der Waals surface area (Å²) in [4.78, 5) is 9.38. The topological polar surface area (TPSA) is 77.8 Å². The fourth-order valence-corrected chi connectivity index (χ4v) is 5.11. The third kappa shape index (κ3) is 2.16. The van der Waals surface area contributed by atoms with E-state index in [4.69, 9.17) is 16.5 Å². The Morgan fingerprint density at radius 2 is 1.83 bits per heavy atom. The maximum Gasteiger partial charge on any atom is 0.220 e. The van der Waals surface area contributed by atoms with Gasteiger partial charge in [-0.15, -0.1) is 0 Å². The highest BCUT2D eigenvalue weighted by Crippen LogP contribution is 2.59. The van der Waals surface area contributed by atoms with Crippen molar-refractivity contribution in [2.75, 3.05) is 5.73 Å². The Morgan fingerprint density at radius 1 is 1.04 bits per heavy atom. The number of nitrogens with two attached hydrogens (primary N) is 2. The summed E-state index contributed by atoms with van der Waals surface area (Å²) in [6, 6.07) is 10.7. The molecule has 3 aliphatic carbocycles. The van der Waals surface area contributed by atoms with Crippen molar-refractivity contribution < 1.29 is 0 Å². The lowest BCUT2D eigenvalue weighted by atomic mass is 9.79. The van der Waals surface area contributed by atoms with Crippen LogP contribution in [0.5, 0.6) is 0 Å². The van der Waals surface area contributed by atoms with Crippen molar-refractivity contribution in [2.45, 2.75) is 55.9 Å². The molecule has 2 fully saturated rings. The largest absolute Gasteiger partial charge is 0.368 e. The first kappa shape index (κ1) is 14.4. The van der Waals surface area contributed by atoms with Gasteiger partial charge in [0.05, 0.1) is 11.4 Å². The lowest BCUT2D eigenvalue weighted by Crippen LogP contribution is -2.23. The van der Waals surface area contributed by atoms with Gasteiger partial charge in [-0.05, 0) is 55.6 Å². The monoisotopic (exact) mass is 320 g/mol. The van der Waals surface area contributed by atoms with Crippen LogP contribution < -0.4 is 11.5 Å². The van der Waals surface area contributed by atoms with E-state index in [0.717, 1.165) is 19.3 Å². The van der Waals surface area contributed by atoms with Crippen molar-refractivity contribution in [3.05, 3.63) is 52.8 Å². The van der Waals surface area contributed by atoms with E-state index in [2.05, 4.69) is 35.3 Å². The van der Waals surface area contributed by atoms with Crippen molar-refractivity contribution in [3.63, 3.8) is 0 Å². The second kappa shape index (κ2) is 5.03. The highest BCUT2D eigenvalue weighted by molar-refractivity contribution is 5.43. The van der Waals surface area contributed by atoms with Gasteiger partial charge in [-0.1, -0.05) is 30.3 Å². The molecule has 0 radical (unpaired) electrons. The van der Waals surface area contributed by atoms with Crippen LogP contribution in [-0.4, -0.2) is 15.5 Å². The average molecular weight is 320 g/mol. The van der Waals surface area contributed by atoms with Crippen LogP contribution >= 0.6 is 0 Å². The zero-order valence-corrected chi connectivity index (χ0v) is 13.9. The number of aromatic nitrogens is 2. The summed E-state index contributed by atoms with van der Waals surface area (Å²) in [6.45, 7) is 0. The minimum Gasteiger partial charge on any atom is -0.368 e. The number of hydrogen-bond donors (Lipinski definition) is 2. The summed E-state index contributed by atoms with van der Waals surface area (Å²) < 4.78 is 0. The first-order valence-electron chi connectivity index (χ1n) is 9.14. The molecule has 3 aliphatic rings. The Labute approximate surface area is 142 Å². The van der Waals surface area contributed by atoms with Gasteiger partial charge in [0.1, 0.15) is 0 Å². The van der Waals surface area contributed by atoms with Gasteiger partial charge in [-0.2, -0.15) is 0 Å². The Hall–Kier alpha value is -1.94. The molecule has 2 aromatic rings. The van der Waals surface area contributed by atoms with E-state index < -0.39 is 0 Å². The Morgan fingerprint density at radius 3 is 2.58 bits per heavy atom. The molecule has 4 atom stereocenters. The van der Waals surface area contributed by atoms with E-state index in [1.54, 1.807) is 0 Å². The zero-order valence-electron chi connectivity index (χ0n) is 13.9. The van der Waals surface area contributed by atoms with Crippen LogP contribution in [0.15, 0.2) is 30.3 Å². The van der Waals surface area contributed by atoms with Gasteiger partial charge in [0.15, 0.2) is 0 Å². The van der Waals surface area contributed by atoms with Crippen molar-refractivity contribution in [1.82, 2.24) is 9.97 Å². The molecule has 1 heterocycles. The minimum atomic E-state index is 0.0881. The second-order valence-electron chi connectivity index (χ2n) is 7.96. The van der Waals surface area contributed by atoms with Gasteiger partial charge in [0, 0.05) is 17.4 Å². The van der Waals surface area contributed by atoms with Crippen LogP contribution in [0.25, 0.3) is 0 Å². The number of anilines is 1. The number of hydrogen-bond acceptors (Lipinski definition) is 4. The molecule has 4 N–H and O–H groups in total. The fraction of sp³-hybridized carbons (Fsp3) is 0.500. The number of benzene rings is 1. The van der Waals surface area contributed by atoms with Crippen molar-refractivity contribution in [1.29, 1.82) is 0 Å². The molecule has 1 aromatic heterocycles. The molecule has 0 bridgehead atoms.